The topological polar surface area (TPSA) is 0 Å². The van der Waals surface area contributed by atoms with E-state index in [1.54, 1.807) is 0 Å². The molecule has 106 valence electrons. The van der Waals surface area contributed by atoms with Crippen LogP contribution in [0.2, 0.25) is 0 Å². The third kappa shape index (κ3) is 14.3. The van der Waals surface area contributed by atoms with Crippen LogP contribution in [-0.4, -0.2) is 0 Å². The Morgan fingerprint density at radius 3 is 0.500 bits per heavy atom. The molecule has 2 heteroatoms. The van der Waals surface area contributed by atoms with Crippen molar-refractivity contribution < 1.29 is 39.0 Å². The van der Waals surface area contributed by atoms with Crippen molar-refractivity contribution in [3.63, 3.8) is 0 Å². The number of hydrogen-bond donors (Lipinski definition) is 0. The predicted octanol–water partition coefficient (Wildman–Crippen LogP) is 5.34. The van der Waals surface area contributed by atoms with Crippen molar-refractivity contribution in [2.24, 2.45) is 0 Å². The van der Waals surface area contributed by atoms with Crippen LogP contribution in [-0.2, 0) is 39.0 Å². The average Bonchev–Trinajstić information content (AvgIpc) is 2.15. The molecule has 0 aromatic rings. The number of rotatable bonds is 0. The molecule has 0 amide bonds. The fourth-order valence-corrected chi connectivity index (χ4v) is 1.71. The Bertz CT molecular complexity index is 182. The van der Waals surface area contributed by atoms with Crippen molar-refractivity contribution >= 4 is 0 Å². The van der Waals surface area contributed by atoms with Gasteiger partial charge in [-0.2, -0.15) is 0 Å². The maximum Gasteiger partial charge on any atom is 0 e. The second-order valence-electron chi connectivity index (χ2n) is 4.20. The molecule has 0 N–H and O–H groups in total. The molecular formula is C16H24Rh2. The van der Waals surface area contributed by atoms with E-state index in [0.717, 1.165) is 0 Å². The Labute approximate surface area is 138 Å². The van der Waals surface area contributed by atoms with Gasteiger partial charge in [0.15, 0.2) is 0 Å². The fraction of sp³-hybridized carbons (Fsp3) is 0.500. The molecular weight excluding hydrogens is 398 g/mol. The van der Waals surface area contributed by atoms with Crippen LogP contribution in [0.4, 0.5) is 0 Å². The summed E-state index contributed by atoms with van der Waals surface area (Å²) in [6.07, 6.45) is 28.0. The zero-order chi connectivity index (χ0) is 11.3. The Hall–Kier alpha value is 0.207. The smallest absolute Gasteiger partial charge is 0 e. The van der Waals surface area contributed by atoms with Gasteiger partial charge < -0.3 is 0 Å². The van der Waals surface area contributed by atoms with Gasteiger partial charge in [-0.3, -0.25) is 0 Å². The van der Waals surface area contributed by atoms with Crippen molar-refractivity contribution in [1.82, 2.24) is 0 Å². The number of allylic oxidation sites excluding steroid dienone is 8. The zero-order valence-electron chi connectivity index (χ0n) is 10.9. The second-order valence-corrected chi connectivity index (χ2v) is 4.20. The fourth-order valence-electron chi connectivity index (χ4n) is 1.71. The van der Waals surface area contributed by atoms with Crippen LogP contribution in [0, 0.1) is 0 Å². The summed E-state index contributed by atoms with van der Waals surface area (Å²) in [4.78, 5) is 0. The molecule has 2 rings (SSSR count). The van der Waals surface area contributed by atoms with Crippen LogP contribution < -0.4 is 0 Å². The Kier molecular flexibility index (Phi) is 19.6. The first kappa shape index (κ1) is 20.5. The first-order valence-corrected chi connectivity index (χ1v) is 6.60. The minimum absolute atomic E-state index is 0. The van der Waals surface area contributed by atoms with Crippen molar-refractivity contribution in [2.45, 2.75) is 51.4 Å². The summed E-state index contributed by atoms with van der Waals surface area (Å²) in [6, 6.07) is 0. The van der Waals surface area contributed by atoms with Crippen LogP contribution in [0.3, 0.4) is 0 Å². The quantitative estimate of drug-likeness (QED) is 0.365. The van der Waals surface area contributed by atoms with Gasteiger partial charge in [0.1, 0.15) is 0 Å². The summed E-state index contributed by atoms with van der Waals surface area (Å²) in [5.41, 5.74) is 0. The first-order chi connectivity index (χ1) is 8.00. The molecule has 0 saturated heterocycles. The Morgan fingerprint density at radius 2 is 0.389 bits per heavy atom. The average molecular weight is 422 g/mol. The van der Waals surface area contributed by atoms with Crippen LogP contribution in [0.15, 0.2) is 48.6 Å². The van der Waals surface area contributed by atoms with E-state index in [4.69, 9.17) is 0 Å². The Morgan fingerprint density at radius 1 is 0.278 bits per heavy atom. The van der Waals surface area contributed by atoms with Gasteiger partial charge >= 0.3 is 0 Å². The summed E-state index contributed by atoms with van der Waals surface area (Å²) >= 11 is 0. The summed E-state index contributed by atoms with van der Waals surface area (Å²) in [6.45, 7) is 0. The van der Waals surface area contributed by atoms with Gasteiger partial charge in [-0.1, -0.05) is 48.6 Å². The maximum absolute atomic E-state index is 2.27. The predicted molar refractivity (Wildman–Crippen MR) is 73.5 cm³/mol. The largest absolute Gasteiger partial charge is 0.0882 e. The molecule has 0 unspecified atom stereocenters. The SMILES string of the molecule is C1=C\CC/C=C\CC/1.C1=C\CC/C=C\CC/1.[Rh].[Rh]. The molecule has 2 aliphatic carbocycles. The first-order valence-electron chi connectivity index (χ1n) is 6.60. The normalized spacial score (nSPS) is 24.9. The summed E-state index contributed by atoms with van der Waals surface area (Å²) in [5, 5.41) is 0. The standard InChI is InChI=1S/2C8H12.2Rh/c2*1-2-4-6-8-7-5-3-1;;/h2*1-2,7-8H,3-6H2;;/b2*2-1-,8-7-;;. The molecule has 0 spiro atoms. The summed E-state index contributed by atoms with van der Waals surface area (Å²) < 4.78 is 0. The van der Waals surface area contributed by atoms with Gasteiger partial charge in [0, 0.05) is 39.0 Å². The minimum atomic E-state index is 0. The van der Waals surface area contributed by atoms with E-state index < -0.39 is 0 Å². The molecule has 0 aromatic heterocycles. The molecule has 2 aliphatic rings. The third-order valence-electron chi connectivity index (χ3n) is 2.67. The van der Waals surface area contributed by atoms with Gasteiger partial charge in [0.05, 0.1) is 0 Å². The van der Waals surface area contributed by atoms with E-state index in [1.807, 2.05) is 0 Å². The molecule has 0 bridgehead atoms. The van der Waals surface area contributed by atoms with Gasteiger partial charge in [-0.25, -0.2) is 0 Å². The molecule has 0 fully saturated rings. The van der Waals surface area contributed by atoms with Crippen molar-refractivity contribution in [3.8, 4) is 0 Å². The van der Waals surface area contributed by atoms with Crippen LogP contribution in [0.25, 0.3) is 0 Å². The molecule has 0 saturated carbocycles. The summed E-state index contributed by atoms with van der Waals surface area (Å²) in [5.74, 6) is 0. The van der Waals surface area contributed by atoms with E-state index in [-0.39, 0.29) is 39.0 Å². The van der Waals surface area contributed by atoms with E-state index in [2.05, 4.69) is 48.6 Å². The molecule has 0 atom stereocenters. The van der Waals surface area contributed by atoms with Gasteiger partial charge in [0.2, 0.25) is 0 Å². The van der Waals surface area contributed by atoms with E-state index in [9.17, 15) is 0 Å². The minimum Gasteiger partial charge on any atom is -0.0882 e. The van der Waals surface area contributed by atoms with Gasteiger partial charge in [-0.15, -0.1) is 0 Å². The van der Waals surface area contributed by atoms with Crippen molar-refractivity contribution in [2.75, 3.05) is 0 Å². The van der Waals surface area contributed by atoms with Crippen molar-refractivity contribution in [3.05, 3.63) is 48.6 Å². The molecule has 2 radical (unpaired) electrons. The molecule has 18 heavy (non-hydrogen) atoms. The zero-order valence-corrected chi connectivity index (χ0v) is 14.2. The van der Waals surface area contributed by atoms with Gasteiger partial charge in [-0.05, 0) is 51.4 Å². The number of hydrogen-bond acceptors (Lipinski definition) is 0. The molecule has 0 heterocycles. The second kappa shape index (κ2) is 17.2. The van der Waals surface area contributed by atoms with Crippen LogP contribution in [0.5, 0.6) is 0 Å². The van der Waals surface area contributed by atoms with Crippen LogP contribution in [0.1, 0.15) is 51.4 Å². The molecule has 0 aromatic carbocycles. The van der Waals surface area contributed by atoms with E-state index in [0.29, 0.717) is 0 Å². The van der Waals surface area contributed by atoms with Crippen LogP contribution >= 0.6 is 0 Å². The molecule has 0 aliphatic heterocycles. The van der Waals surface area contributed by atoms with E-state index in [1.165, 1.54) is 51.4 Å². The monoisotopic (exact) mass is 422 g/mol. The van der Waals surface area contributed by atoms with Crippen molar-refractivity contribution in [1.29, 1.82) is 0 Å². The Balaban J connectivity index is 0. The third-order valence-corrected chi connectivity index (χ3v) is 2.67. The van der Waals surface area contributed by atoms with Gasteiger partial charge in [0.25, 0.3) is 0 Å². The summed E-state index contributed by atoms with van der Waals surface area (Å²) in [7, 11) is 0. The maximum atomic E-state index is 2.27. The molecule has 0 nitrogen and oxygen atoms in total. The van der Waals surface area contributed by atoms with E-state index >= 15 is 0 Å².